The van der Waals surface area contributed by atoms with Gasteiger partial charge in [0.05, 0.1) is 0 Å². The number of carbonyl (C=O) groups excluding carboxylic acids is 1. The Morgan fingerprint density at radius 1 is 1.07 bits per heavy atom. The van der Waals surface area contributed by atoms with Crippen LogP contribution in [0.2, 0.25) is 0 Å². The molecule has 5 heteroatoms. The molecule has 1 aliphatic heterocycles. The molecule has 0 amide bonds. The summed E-state index contributed by atoms with van der Waals surface area (Å²) in [6.07, 6.45) is 12.4. The van der Waals surface area contributed by atoms with Gasteiger partial charge in [-0.15, -0.1) is 0 Å². The molecule has 158 valence electrons. The molecular formula is C24H33NO4. The zero-order valence-corrected chi connectivity index (χ0v) is 17.3. The molecule has 0 spiro atoms. The second-order valence-electron chi connectivity index (χ2n) is 9.38. The lowest BCUT2D eigenvalue weighted by atomic mass is 9.53. The Hall–Kier alpha value is -1.75. The molecule has 5 rings (SSSR count). The molecule has 1 aromatic carbocycles. The largest absolute Gasteiger partial charge is 0.511 e. The maximum atomic E-state index is 11.9. The molecule has 1 saturated heterocycles. The average Bonchev–Trinajstić information content (AvgIpc) is 2.75. The molecular weight excluding hydrogens is 366 g/mol. The van der Waals surface area contributed by atoms with E-state index in [1.54, 1.807) is 0 Å². The van der Waals surface area contributed by atoms with Crippen LogP contribution in [0.25, 0.3) is 0 Å². The molecule has 0 unspecified atom stereocenters. The van der Waals surface area contributed by atoms with Crippen LogP contribution in [0, 0.1) is 5.92 Å². The number of fused-ring (bicyclic) bond motifs is 1. The fourth-order valence-corrected chi connectivity index (χ4v) is 6.49. The Bertz CT molecular complexity index is 740. The van der Waals surface area contributed by atoms with Crippen LogP contribution in [0.15, 0.2) is 18.2 Å². The van der Waals surface area contributed by atoms with Crippen molar-refractivity contribution in [3.8, 4) is 5.75 Å². The van der Waals surface area contributed by atoms with E-state index in [9.17, 15) is 4.79 Å². The predicted octanol–water partition coefficient (Wildman–Crippen LogP) is 4.85. The van der Waals surface area contributed by atoms with Crippen LogP contribution < -0.4 is 10.1 Å². The number of hydrogen-bond donors (Lipinski definition) is 1. The summed E-state index contributed by atoms with van der Waals surface area (Å²) in [7, 11) is 0. The summed E-state index contributed by atoms with van der Waals surface area (Å²) in [5.74, 6) is 1.54. The second kappa shape index (κ2) is 8.17. The zero-order valence-electron chi connectivity index (χ0n) is 17.3. The molecule has 29 heavy (non-hydrogen) atoms. The molecule has 0 radical (unpaired) electrons. The fourth-order valence-electron chi connectivity index (χ4n) is 6.49. The highest BCUT2D eigenvalue weighted by molar-refractivity contribution is 5.60. The van der Waals surface area contributed by atoms with Gasteiger partial charge in [0.25, 0.3) is 0 Å². The second-order valence-corrected chi connectivity index (χ2v) is 9.38. The molecule has 5 nitrogen and oxygen atoms in total. The number of hydrogen-bond acceptors (Lipinski definition) is 5. The van der Waals surface area contributed by atoms with Crippen molar-refractivity contribution in [1.29, 1.82) is 0 Å². The van der Waals surface area contributed by atoms with Gasteiger partial charge >= 0.3 is 6.16 Å². The highest BCUT2D eigenvalue weighted by Crippen LogP contribution is 2.54. The smallest absolute Gasteiger partial charge is 0.457 e. The topological polar surface area (TPSA) is 56.8 Å². The molecule has 2 saturated carbocycles. The summed E-state index contributed by atoms with van der Waals surface area (Å²) < 4.78 is 16.4. The summed E-state index contributed by atoms with van der Waals surface area (Å²) in [5, 5.41) is 3.78. The van der Waals surface area contributed by atoms with E-state index >= 15 is 0 Å². The molecule has 3 aliphatic carbocycles. The summed E-state index contributed by atoms with van der Waals surface area (Å²) in [5.41, 5.74) is 3.26. The van der Waals surface area contributed by atoms with Crippen LogP contribution >= 0.6 is 0 Å². The van der Waals surface area contributed by atoms with Crippen LogP contribution in [0.3, 0.4) is 0 Å². The van der Waals surface area contributed by atoms with Crippen molar-refractivity contribution in [3.05, 3.63) is 29.3 Å². The fraction of sp³-hybridized carbons (Fsp3) is 0.708. The summed E-state index contributed by atoms with van der Waals surface area (Å²) in [6, 6.07) is 7.09. The first-order chi connectivity index (χ1) is 14.2. The van der Waals surface area contributed by atoms with Gasteiger partial charge in [-0.2, -0.15) is 0 Å². The zero-order chi connectivity index (χ0) is 19.7. The van der Waals surface area contributed by atoms with Crippen molar-refractivity contribution in [2.75, 3.05) is 13.3 Å². The molecule has 4 aliphatic rings. The first kappa shape index (κ1) is 19.2. The van der Waals surface area contributed by atoms with Gasteiger partial charge in [-0.3, -0.25) is 0 Å². The molecule has 0 aromatic heterocycles. The van der Waals surface area contributed by atoms with Crippen LogP contribution in [0.4, 0.5) is 4.79 Å². The summed E-state index contributed by atoms with van der Waals surface area (Å²) in [6.45, 7) is 1.02. The minimum Gasteiger partial charge on any atom is -0.457 e. The number of ether oxygens (including phenoxy) is 3. The Morgan fingerprint density at radius 2 is 1.93 bits per heavy atom. The van der Waals surface area contributed by atoms with Crippen molar-refractivity contribution in [3.63, 3.8) is 0 Å². The Labute approximate surface area is 173 Å². The van der Waals surface area contributed by atoms with Gasteiger partial charge in [0.15, 0.2) is 0 Å². The van der Waals surface area contributed by atoms with E-state index in [-0.39, 0.29) is 12.9 Å². The molecule has 3 fully saturated rings. The number of piperidine rings is 1. The average molecular weight is 400 g/mol. The first-order valence-electron chi connectivity index (χ1n) is 11.6. The first-order valence-corrected chi connectivity index (χ1v) is 11.6. The Balaban J connectivity index is 1.23. The lowest BCUT2D eigenvalue weighted by molar-refractivity contribution is -0.0226. The Morgan fingerprint density at radius 3 is 2.83 bits per heavy atom. The monoisotopic (exact) mass is 399 g/mol. The van der Waals surface area contributed by atoms with Gasteiger partial charge < -0.3 is 19.5 Å². The molecule has 2 bridgehead atoms. The highest BCUT2D eigenvalue weighted by Gasteiger charge is 2.51. The minimum absolute atomic E-state index is 0.00943. The van der Waals surface area contributed by atoms with Crippen LogP contribution in [-0.4, -0.2) is 31.6 Å². The van der Waals surface area contributed by atoms with Gasteiger partial charge in [-0.25, -0.2) is 4.79 Å². The standard InChI is InChI=1S/C24H33NO4/c26-23(29-18-6-2-1-3-7-18)28-16-27-19-10-9-17-14-22-20-8-4-5-11-24(20,12-13-25-22)21(17)15-19/h9-10,15,18,20,22,25H,1-8,11-14,16H2/t20-,22+,24+/m0/s1. The van der Waals surface area contributed by atoms with E-state index in [2.05, 4.69) is 17.4 Å². The van der Waals surface area contributed by atoms with E-state index in [1.165, 1.54) is 49.7 Å². The number of carbonyl (C=O) groups is 1. The van der Waals surface area contributed by atoms with Crippen molar-refractivity contribution in [2.24, 2.45) is 5.92 Å². The van der Waals surface area contributed by atoms with E-state index in [0.29, 0.717) is 11.5 Å². The summed E-state index contributed by atoms with van der Waals surface area (Å²) >= 11 is 0. The number of benzene rings is 1. The lowest BCUT2D eigenvalue weighted by Crippen LogP contribution is -2.59. The molecule has 1 N–H and O–H groups in total. The van der Waals surface area contributed by atoms with Gasteiger partial charge in [-0.05, 0) is 87.1 Å². The van der Waals surface area contributed by atoms with Gasteiger partial charge in [0.1, 0.15) is 11.9 Å². The minimum atomic E-state index is -0.609. The SMILES string of the molecule is O=C(OCOc1ccc2c(c1)[C@@]13CCCC[C@H]1[C@@H](C2)NCC3)OC1CCCCC1. The van der Waals surface area contributed by atoms with Crippen molar-refractivity contribution in [1.82, 2.24) is 5.32 Å². The van der Waals surface area contributed by atoms with Crippen LogP contribution in [-0.2, 0) is 21.3 Å². The van der Waals surface area contributed by atoms with Crippen LogP contribution in [0.1, 0.15) is 75.3 Å². The van der Waals surface area contributed by atoms with Crippen molar-refractivity contribution in [2.45, 2.75) is 88.2 Å². The van der Waals surface area contributed by atoms with Gasteiger partial charge in [-0.1, -0.05) is 25.3 Å². The van der Waals surface area contributed by atoms with E-state index in [4.69, 9.17) is 14.2 Å². The third-order valence-corrected chi connectivity index (χ3v) is 7.84. The number of nitrogens with one attached hydrogen (secondary N) is 1. The maximum Gasteiger partial charge on any atom is 0.511 e. The highest BCUT2D eigenvalue weighted by atomic mass is 16.8. The Kier molecular flexibility index (Phi) is 5.42. The molecule has 1 heterocycles. The van der Waals surface area contributed by atoms with Crippen molar-refractivity contribution < 1.29 is 19.0 Å². The van der Waals surface area contributed by atoms with Gasteiger partial charge in [0, 0.05) is 11.5 Å². The van der Waals surface area contributed by atoms with Gasteiger partial charge in [0.2, 0.25) is 6.79 Å². The molecule has 1 aromatic rings. The number of rotatable bonds is 4. The normalized spacial score (nSPS) is 31.3. The lowest BCUT2D eigenvalue weighted by Gasteiger charge is -2.56. The van der Waals surface area contributed by atoms with E-state index in [0.717, 1.165) is 50.3 Å². The third-order valence-electron chi connectivity index (χ3n) is 7.84. The van der Waals surface area contributed by atoms with Crippen LogP contribution in [0.5, 0.6) is 5.75 Å². The third kappa shape index (κ3) is 3.74. The predicted molar refractivity (Wildman–Crippen MR) is 110 cm³/mol. The van der Waals surface area contributed by atoms with E-state index < -0.39 is 6.16 Å². The maximum absolute atomic E-state index is 11.9. The van der Waals surface area contributed by atoms with E-state index in [1.807, 2.05) is 6.07 Å². The summed E-state index contributed by atoms with van der Waals surface area (Å²) in [4.78, 5) is 11.9. The quantitative estimate of drug-likeness (QED) is 0.579. The molecule has 3 atom stereocenters. The van der Waals surface area contributed by atoms with Crippen molar-refractivity contribution >= 4 is 6.16 Å².